The first-order valence-electron chi connectivity index (χ1n) is 15.0. The van der Waals surface area contributed by atoms with Gasteiger partial charge in [-0.25, -0.2) is 34.3 Å². The molecule has 22 heteroatoms. The monoisotopic (exact) mass is 708 g/mol. The molecule has 4 fully saturated rings. The molecule has 4 aliphatic rings. The van der Waals surface area contributed by atoms with Crippen LogP contribution in [-0.2, 0) is 33.7 Å². The van der Waals surface area contributed by atoms with Gasteiger partial charge in [0.05, 0.1) is 12.1 Å². The molecule has 4 bridgehead atoms. The molecular formula is C26H44N8O13S. The summed E-state index contributed by atoms with van der Waals surface area (Å²) in [6.45, 7) is 10.6. The molecule has 0 aromatic rings. The number of hydrogen-bond donors (Lipinski definition) is 4. The van der Waals surface area contributed by atoms with Crippen molar-refractivity contribution in [2.45, 2.75) is 103 Å². The van der Waals surface area contributed by atoms with Crippen LogP contribution < -0.4 is 10.9 Å². The summed E-state index contributed by atoms with van der Waals surface area (Å²) in [5.74, 6) is -1.10. The van der Waals surface area contributed by atoms with E-state index in [2.05, 4.69) is 15.1 Å². The van der Waals surface area contributed by atoms with Gasteiger partial charge in [0.15, 0.2) is 0 Å². The molecular weight excluding hydrogens is 664 g/mol. The minimum atomic E-state index is -4.86. The van der Waals surface area contributed by atoms with Gasteiger partial charge in [-0.15, -0.1) is 4.28 Å². The Bertz CT molecular complexity index is 1400. The first-order valence-corrected chi connectivity index (χ1v) is 16.3. The molecule has 48 heavy (non-hydrogen) atoms. The Labute approximate surface area is 277 Å². The lowest BCUT2D eigenvalue weighted by atomic mass is 10.0. The van der Waals surface area contributed by atoms with Crippen molar-refractivity contribution < 1.29 is 60.7 Å². The number of hydrogen-bond acceptors (Lipinski definition) is 12. The second-order valence-electron chi connectivity index (χ2n) is 13.6. The number of hydrazine groups is 2. The van der Waals surface area contributed by atoms with Gasteiger partial charge in [0, 0.05) is 27.2 Å². The van der Waals surface area contributed by atoms with E-state index < -0.39 is 75.8 Å². The van der Waals surface area contributed by atoms with Crippen molar-refractivity contribution in [3.05, 3.63) is 0 Å². The van der Waals surface area contributed by atoms with E-state index in [1.54, 1.807) is 41.5 Å². The van der Waals surface area contributed by atoms with E-state index in [-0.39, 0.29) is 25.4 Å². The number of rotatable bonds is 4. The lowest BCUT2D eigenvalue weighted by Crippen LogP contribution is -2.55. The average molecular weight is 709 g/mol. The summed E-state index contributed by atoms with van der Waals surface area (Å²) in [4.78, 5) is 74.9. The predicted octanol–water partition coefficient (Wildman–Crippen LogP) is 0.430. The fraction of sp³-hybridized carbons (Fsp3) is 0.769. The molecule has 272 valence electrons. The van der Waals surface area contributed by atoms with Gasteiger partial charge >= 0.3 is 34.6 Å². The SMILES string of the molecule is CN(NC(=O)[C@@H]1CC[C@@H]2CN1C(=O)N2O)C(=O)OC(C)(C)C.CN(NC(=O)[C@@H]1CC[C@@H]2CN1C(=O)N2OS(=O)(=O)O)C(=O)OC(C)(C)C. The molecule has 4 N–H and O–H groups in total. The zero-order valence-corrected chi connectivity index (χ0v) is 28.8. The van der Waals surface area contributed by atoms with Crippen LogP contribution in [0.25, 0.3) is 0 Å². The highest BCUT2D eigenvalue weighted by Crippen LogP contribution is 2.31. The topological polar surface area (TPSA) is 248 Å². The van der Waals surface area contributed by atoms with Gasteiger partial charge in [0.1, 0.15) is 23.3 Å². The number of ether oxygens (including phenoxy) is 2. The van der Waals surface area contributed by atoms with E-state index in [1.807, 2.05) is 0 Å². The lowest BCUT2D eigenvalue weighted by molar-refractivity contribution is -0.131. The Morgan fingerprint density at radius 3 is 1.56 bits per heavy atom. The van der Waals surface area contributed by atoms with Crippen molar-refractivity contribution in [2.75, 3.05) is 27.2 Å². The number of hydroxylamine groups is 4. The van der Waals surface area contributed by atoms with Gasteiger partial charge in [-0.05, 0) is 67.2 Å². The van der Waals surface area contributed by atoms with Gasteiger partial charge in [0.25, 0.3) is 11.8 Å². The molecule has 8 amide bonds. The fourth-order valence-electron chi connectivity index (χ4n) is 5.26. The summed E-state index contributed by atoms with van der Waals surface area (Å²) < 4.78 is 45.0. The van der Waals surface area contributed by atoms with Gasteiger partial charge in [-0.2, -0.15) is 13.5 Å². The third kappa shape index (κ3) is 9.70. The van der Waals surface area contributed by atoms with Crippen LogP contribution in [0, 0.1) is 0 Å². The van der Waals surface area contributed by atoms with E-state index in [9.17, 15) is 42.4 Å². The van der Waals surface area contributed by atoms with E-state index in [1.165, 1.54) is 19.0 Å². The molecule has 0 aromatic heterocycles. The highest BCUT2D eigenvalue weighted by molar-refractivity contribution is 7.80. The van der Waals surface area contributed by atoms with Crippen LogP contribution in [0.2, 0.25) is 0 Å². The smallest absolute Gasteiger partial charge is 0.428 e. The highest BCUT2D eigenvalue weighted by atomic mass is 32.3. The first-order chi connectivity index (χ1) is 21.9. The minimum absolute atomic E-state index is 0.0581. The lowest BCUT2D eigenvalue weighted by Gasteiger charge is -2.31. The molecule has 4 atom stereocenters. The molecule has 0 radical (unpaired) electrons. The fourth-order valence-corrected chi connectivity index (χ4v) is 5.65. The van der Waals surface area contributed by atoms with E-state index in [4.69, 9.17) is 14.0 Å². The second-order valence-corrected chi connectivity index (χ2v) is 14.6. The number of carbonyl (C=O) groups excluding carboxylic acids is 6. The molecule has 4 aliphatic heterocycles. The van der Waals surface area contributed by atoms with Crippen LogP contribution in [-0.4, -0.2) is 147 Å². The first kappa shape index (κ1) is 38.3. The molecule has 21 nitrogen and oxygen atoms in total. The summed E-state index contributed by atoms with van der Waals surface area (Å²) in [6.07, 6.45) is 0.0191. The molecule has 4 saturated heterocycles. The van der Waals surface area contributed by atoms with Gasteiger partial charge in [-0.3, -0.25) is 30.2 Å². The molecule has 0 aromatic carbocycles. The summed E-state index contributed by atoms with van der Waals surface area (Å²) in [7, 11) is -2.18. The van der Waals surface area contributed by atoms with E-state index in [0.29, 0.717) is 29.5 Å². The van der Waals surface area contributed by atoms with E-state index >= 15 is 0 Å². The van der Waals surface area contributed by atoms with Crippen molar-refractivity contribution in [3.8, 4) is 0 Å². The second kappa shape index (κ2) is 14.1. The van der Waals surface area contributed by atoms with E-state index in [0.717, 1.165) is 14.9 Å². The highest BCUT2D eigenvalue weighted by Gasteiger charge is 2.50. The summed E-state index contributed by atoms with van der Waals surface area (Å²) in [6, 6.07) is -3.92. The normalized spacial score (nSPS) is 23.6. The number of fused-ring (bicyclic) bond motifs is 4. The van der Waals surface area contributed by atoms with Gasteiger partial charge in [-0.1, -0.05) is 0 Å². The number of carbonyl (C=O) groups is 6. The minimum Gasteiger partial charge on any atom is -0.442 e. The largest absolute Gasteiger partial charge is 0.442 e. The van der Waals surface area contributed by atoms with Crippen molar-refractivity contribution in [2.24, 2.45) is 0 Å². The molecule has 0 saturated carbocycles. The van der Waals surface area contributed by atoms with Crippen molar-refractivity contribution in [1.29, 1.82) is 0 Å². The van der Waals surface area contributed by atoms with Crippen LogP contribution in [0.5, 0.6) is 0 Å². The molecule has 0 spiro atoms. The maximum absolute atomic E-state index is 12.4. The Hall–Kier alpha value is -4.15. The van der Waals surface area contributed by atoms with Crippen LogP contribution >= 0.6 is 0 Å². The quantitative estimate of drug-likeness (QED) is 0.176. The van der Waals surface area contributed by atoms with Crippen molar-refractivity contribution in [3.63, 3.8) is 0 Å². The number of nitrogens with zero attached hydrogens (tertiary/aromatic N) is 6. The third-order valence-electron chi connectivity index (χ3n) is 7.34. The van der Waals surface area contributed by atoms with Crippen LogP contribution in [0.1, 0.15) is 67.2 Å². The molecule has 0 unspecified atom stereocenters. The molecule has 0 aliphatic carbocycles. The standard InChI is InChI=1S/C13H22N4O8S.C13H22N4O5/c1-13(2,3)24-12(20)15(4)14-10(18)9-6-5-8-7-16(9)11(19)17(8)25-26(21,22)23;1-13(2,3)22-12(20)15(4)14-10(18)9-6-5-8-7-16(9)11(19)17(8)21/h8-9H,5-7H2,1-4H3,(H,14,18)(H,21,22,23);8-9,21H,5-7H2,1-4H3,(H,14,18)/t2*8-,9+/m11/s1. The Morgan fingerprint density at radius 2 is 1.15 bits per heavy atom. The molecule has 4 heterocycles. The van der Waals surface area contributed by atoms with Crippen LogP contribution in [0.15, 0.2) is 0 Å². The molecule has 4 rings (SSSR count). The van der Waals surface area contributed by atoms with Crippen molar-refractivity contribution in [1.82, 2.24) is 40.8 Å². The van der Waals surface area contributed by atoms with Gasteiger partial charge < -0.3 is 19.3 Å². The van der Waals surface area contributed by atoms with Gasteiger partial charge in [0.2, 0.25) is 0 Å². The summed E-state index contributed by atoms with van der Waals surface area (Å²) in [5, 5.41) is 12.6. The number of piperidine rings is 2. The Balaban J connectivity index is 0.000000264. The predicted molar refractivity (Wildman–Crippen MR) is 160 cm³/mol. The zero-order valence-electron chi connectivity index (χ0n) is 28.0. The summed E-state index contributed by atoms with van der Waals surface area (Å²) in [5.41, 5.74) is 3.34. The number of nitrogens with one attached hydrogen (secondary N) is 2. The number of urea groups is 2. The maximum Gasteiger partial charge on any atom is 0.428 e. The van der Waals surface area contributed by atoms with Crippen molar-refractivity contribution >= 4 is 46.5 Å². The number of amides is 8. The average Bonchev–Trinajstić information content (AvgIpc) is 3.30. The van der Waals surface area contributed by atoms with Crippen LogP contribution in [0.3, 0.4) is 0 Å². The third-order valence-corrected chi connectivity index (χ3v) is 7.69. The maximum atomic E-state index is 12.4. The zero-order chi connectivity index (χ0) is 36.5. The Kier molecular flexibility index (Phi) is 11.3. The summed E-state index contributed by atoms with van der Waals surface area (Å²) >= 11 is 0. The Morgan fingerprint density at radius 1 is 0.750 bits per heavy atom. The van der Waals surface area contributed by atoms with Crippen LogP contribution in [0.4, 0.5) is 19.2 Å².